The number of rotatable bonds is 15. The van der Waals surface area contributed by atoms with Crippen molar-refractivity contribution in [3.05, 3.63) is 0 Å². The highest BCUT2D eigenvalue weighted by atomic mass is 32.2. The summed E-state index contributed by atoms with van der Waals surface area (Å²) in [6.45, 7) is 8.26. The monoisotopic (exact) mass is 406 g/mol. The molecule has 6 heteroatoms. The lowest BCUT2D eigenvalue weighted by molar-refractivity contribution is -0.170. The first kappa shape index (κ1) is 25.6. The van der Waals surface area contributed by atoms with E-state index >= 15 is 0 Å². The Morgan fingerprint density at radius 3 is 1.23 bits per heavy atom. The topological polar surface area (TPSA) is 52.6 Å². The molecule has 0 aromatic carbocycles. The van der Waals surface area contributed by atoms with Gasteiger partial charge in [-0.05, 0) is 51.0 Å². The minimum absolute atomic E-state index is 0.126. The van der Waals surface area contributed by atoms with E-state index in [9.17, 15) is 9.59 Å². The molecule has 0 radical (unpaired) electrons. The van der Waals surface area contributed by atoms with E-state index in [-0.39, 0.29) is 11.9 Å². The molecule has 0 saturated heterocycles. The number of ether oxygens (including phenoxy) is 2. The summed E-state index contributed by atoms with van der Waals surface area (Å²) >= 11 is 3.30. The molecule has 0 unspecified atom stereocenters. The molecule has 4 nitrogen and oxygen atoms in total. The smallest absolute Gasteiger partial charge is 0.307 e. The van der Waals surface area contributed by atoms with Crippen LogP contribution in [0, 0.1) is 0 Å². The molecule has 26 heavy (non-hydrogen) atoms. The zero-order chi connectivity index (χ0) is 20.1. The van der Waals surface area contributed by atoms with Gasteiger partial charge in [0.25, 0.3) is 0 Å². The van der Waals surface area contributed by atoms with Crippen molar-refractivity contribution in [2.24, 2.45) is 0 Å². The fraction of sp³-hybridized carbons (Fsp3) is 0.900. The zero-order valence-corrected chi connectivity index (χ0v) is 19.2. The van der Waals surface area contributed by atoms with Gasteiger partial charge < -0.3 is 9.47 Å². The van der Waals surface area contributed by atoms with Gasteiger partial charge in [-0.3, -0.25) is 9.59 Å². The SMILES string of the molecule is CCC(CC)(CCC(CC)(CC)OC(=O)CCSC)OC(=O)CCSC. The summed E-state index contributed by atoms with van der Waals surface area (Å²) in [6, 6.07) is 0. The van der Waals surface area contributed by atoms with Crippen LogP contribution < -0.4 is 0 Å². The highest BCUT2D eigenvalue weighted by Crippen LogP contribution is 2.35. The Hall–Kier alpha value is -0.360. The molecule has 154 valence electrons. The molecule has 0 rings (SSSR count). The van der Waals surface area contributed by atoms with Gasteiger partial charge >= 0.3 is 11.9 Å². The number of hydrogen-bond donors (Lipinski definition) is 0. The second-order valence-electron chi connectivity index (χ2n) is 6.71. The molecule has 0 bridgehead atoms. The molecule has 0 aromatic rings. The lowest BCUT2D eigenvalue weighted by Gasteiger charge is -2.37. The number of thioether (sulfide) groups is 2. The van der Waals surface area contributed by atoms with Gasteiger partial charge in [0.15, 0.2) is 0 Å². The van der Waals surface area contributed by atoms with Crippen molar-refractivity contribution in [2.45, 2.75) is 90.3 Å². The van der Waals surface area contributed by atoms with Crippen LogP contribution in [-0.2, 0) is 19.1 Å². The van der Waals surface area contributed by atoms with Gasteiger partial charge in [0.1, 0.15) is 11.2 Å². The first-order valence-electron chi connectivity index (χ1n) is 9.78. The molecule has 0 N–H and O–H groups in total. The van der Waals surface area contributed by atoms with Crippen molar-refractivity contribution < 1.29 is 19.1 Å². The molecular weight excluding hydrogens is 368 g/mol. The van der Waals surface area contributed by atoms with Crippen LogP contribution in [0.4, 0.5) is 0 Å². The summed E-state index contributed by atoms with van der Waals surface area (Å²) in [4.78, 5) is 24.3. The van der Waals surface area contributed by atoms with Crippen molar-refractivity contribution in [3.63, 3.8) is 0 Å². The average Bonchev–Trinajstić information content (AvgIpc) is 2.66. The van der Waals surface area contributed by atoms with Crippen molar-refractivity contribution in [3.8, 4) is 0 Å². The van der Waals surface area contributed by atoms with Crippen LogP contribution in [0.3, 0.4) is 0 Å². The molecule has 0 aliphatic carbocycles. The van der Waals surface area contributed by atoms with E-state index in [1.165, 1.54) is 0 Å². The van der Waals surface area contributed by atoms with E-state index in [4.69, 9.17) is 9.47 Å². The number of carbonyl (C=O) groups is 2. The third-order valence-corrected chi connectivity index (χ3v) is 6.52. The summed E-state index contributed by atoms with van der Waals surface area (Å²) in [5, 5.41) is 0. The van der Waals surface area contributed by atoms with Crippen LogP contribution in [0.5, 0.6) is 0 Å². The number of hydrogen-bond acceptors (Lipinski definition) is 6. The maximum Gasteiger partial charge on any atom is 0.307 e. The third kappa shape index (κ3) is 9.03. The fourth-order valence-corrected chi connectivity index (χ4v) is 3.75. The van der Waals surface area contributed by atoms with Crippen molar-refractivity contribution in [1.29, 1.82) is 0 Å². The fourth-order valence-electron chi connectivity index (χ4n) is 3.01. The Morgan fingerprint density at radius 2 is 1.00 bits per heavy atom. The Morgan fingerprint density at radius 1 is 0.692 bits per heavy atom. The maximum atomic E-state index is 12.2. The molecular formula is C20H38O4S2. The molecule has 0 saturated carbocycles. The van der Waals surface area contributed by atoms with E-state index in [1.54, 1.807) is 23.5 Å². The van der Waals surface area contributed by atoms with Gasteiger partial charge in [-0.1, -0.05) is 27.7 Å². The minimum atomic E-state index is -0.462. The highest BCUT2D eigenvalue weighted by Gasteiger charge is 2.37. The van der Waals surface area contributed by atoms with E-state index in [2.05, 4.69) is 27.7 Å². The summed E-state index contributed by atoms with van der Waals surface area (Å²) in [5.74, 6) is 1.31. The molecule has 0 aliphatic rings. The van der Waals surface area contributed by atoms with Crippen LogP contribution in [0.1, 0.15) is 79.1 Å². The second kappa shape index (κ2) is 13.8. The molecule has 0 amide bonds. The van der Waals surface area contributed by atoms with Crippen LogP contribution in [0.15, 0.2) is 0 Å². The van der Waals surface area contributed by atoms with Crippen molar-refractivity contribution in [1.82, 2.24) is 0 Å². The molecule has 0 aromatic heterocycles. The average molecular weight is 407 g/mol. The molecule has 0 aliphatic heterocycles. The van der Waals surface area contributed by atoms with Crippen LogP contribution in [0.25, 0.3) is 0 Å². The zero-order valence-electron chi connectivity index (χ0n) is 17.5. The summed E-state index contributed by atoms with van der Waals surface area (Å²) in [6.07, 6.45) is 9.42. The Labute approximate surface area is 168 Å². The van der Waals surface area contributed by atoms with E-state index < -0.39 is 11.2 Å². The standard InChI is InChI=1S/C20H38O4S2/c1-7-19(8-2,23-17(21)11-15-25-5)13-14-20(9-3,10-4)24-18(22)12-16-26-6/h7-16H2,1-6H3. The second-order valence-corrected chi connectivity index (χ2v) is 8.69. The van der Waals surface area contributed by atoms with Crippen LogP contribution in [0.2, 0.25) is 0 Å². The molecule has 0 spiro atoms. The Kier molecular flexibility index (Phi) is 13.6. The third-order valence-electron chi connectivity index (χ3n) is 5.29. The first-order valence-corrected chi connectivity index (χ1v) is 12.6. The minimum Gasteiger partial charge on any atom is -0.459 e. The van der Waals surface area contributed by atoms with E-state index in [0.29, 0.717) is 12.8 Å². The Bertz CT molecular complexity index is 367. The van der Waals surface area contributed by atoms with Gasteiger partial charge in [0.05, 0.1) is 12.8 Å². The van der Waals surface area contributed by atoms with E-state index in [0.717, 1.165) is 50.0 Å². The summed E-state index contributed by atoms with van der Waals surface area (Å²) < 4.78 is 11.8. The van der Waals surface area contributed by atoms with Crippen molar-refractivity contribution >= 4 is 35.5 Å². The summed E-state index contributed by atoms with van der Waals surface area (Å²) in [7, 11) is 0. The van der Waals surface area contributed by atoms with Gasteiger partial charge in [-0.25, -0.2) is 0 Å². The highest BCUT2D eigenvalue weighted by molar-refractivity contribution is 7.98. The lowest BCUT2D eigenvalue weighted by atomic mass is 9.83. The predicted molar refractivity (Wildman–Crippen MR) is 114 cm³/mol. The number of esters is 2. The van der Waals surface area contributed by atoms with Gasteiger partial charge in [-0.2, -0.15) is 23.5 Å². The molecule has 0 heterocycles. The maximum absolute atomic E-state index is 12.2. The normalized spacial score (nSPS) is 12.1. The predicted octanol–water partition coefficient (Wildman–Crippen LogP) is 5.48. The molecule has 0 atom stereocenters. The lowest BCUT2D eigenvalue weighted by Crippen LogP contribution is -2.40. The summed E-state index contributed by atoms with van der Waals surface area (Å²) in [5.41, 5.74) is -0.923. The Balaban J connectivity index is 5.01. The molecule has 0 fully saturated rings. The van der Waals surface area contributed by atoms with Gasteiger partial charge in [-0.15, -0.1) is 0 Å². The van der Waals surface area contributed by atoms with Gasteiger partial charge in [0.2, 0.25) is 0 Å². The van der Waals surface area contributed by atoms with Crippen LogP contribution in [-0.4, -0.2) is 47.2 Å². The number of carbonyl (C=O) groups excluding carboxylic acids is 2. The van der Waals surface area contributed by atoms with E-state index in [1.807, 2.05) is 12.5 Å². The van der Waals surface area contributed by atoms with Crippen molar-refractivity contribution in [2.75, 3.05) is 24.0 Å². The van der Waals surface area contributed by atoms with Crippen LogP contribution >= 0.6 is 23.5 Å². The largest absolute Gasteiger partial charge is 0.459 e. The quantitative estimate of drug-likeness (QED) is 0.336. The van der Waals surface area contributed by atoms with Gasteiger partial charge in [0, 0.05) is 11.5 Å². The first-order chi connectivity index (χ1) is 12.4.